The van der Waals surface area contributed by atoms with Gasteiger partial charge >= 0.3 is 0 Å². The van der Waals surface area contributed by atoms with Crippen LogP contribution in [0.2, 0.25) is 0 Å². The lowest BCUT2D eigenvalue weighted by atomic mass is 10.1. The van der Waals surface area contributed by atoms with Crippen LogP contribution < -0.4 is 10.2 Å². The van der Waals surface area contributed by atoms with E-state index in [2.05, 4.69) is 5.32 Å². The monoisotopic (exact) mass is 297 g/mol. The molecule has 0 bridgehead atoms. The van der Waals surface area contributed by atoms with E-state index < -0.39 is 16.8 Å². The zero-order chi connectivity index (χ0) is 15.4. The van der Waals surface area contributed by atoms with Crippen molar-refractivity contribution in [1.29, 1.82) is 0 Å². The maximum Gasteiger partial charge on any atom is 0.274 e. The lowest BCUT2D eigenvalue weighted by molar-refractivity contribution is -0.385. The maximum atomic E-state index is 13.6. The number of carbonyl (C=O) groups excluding carboxylic acids is 1. The van der Waals surface area contributed by atoms with Gasteiger partial charge < -0.3 is 15.0 Å². The number of nitrogens with one attached hydrogen (secondary N) is 1. The summed E-state index contributed by atoms with van der Waals surface area (Å²) >= 11 is 0. The number of nitro groups is 1. The number of anilines is 1. The number of likely N-dealkylation sites (N-methyl/N-ethyl adjacent to an activating group) is 1. The molecule has 1 saturated heterocycles. The Morgan fingerprint density at radius 2 is 2.33 bits per heavy atom. The largest absolute Gasteiger partial charge is 0.377 e. The summed E-state index contributed by atoms with van der Waals surface area (Å²) in [5.41, 5.74) is -0.0348. The first kappa shape index (κ1) is 15.2. The minimum absolute atomic E-state index is 0.163. The second kappa shape index (κ2) is 6.49. The smallest absolute Gasteiger partial charge is 0.274 e. The number of hydrogen-bond acceptors (Lipinski definition) is 5. The van der Waals surface area contributed by atoms with Crippen LogP contribution in [0.25, 0.3) is 0 Å². The molecule has 1 heterocycles. The van der Waals surface area contributed by atoms with Gasteiger partial charge in [0.2, 0.25) is 5.91 Å². The highest BCUT2D eigenvalue weighted by molar-refractivity contribution is 5.85. The average Bonchev–Trinajstić information content (AvgIpc) is 2.46. The van der Waals surface area contributed by atoms with Crippen molar-refractivity contribution in [2.75, 3.05) is 31.2 Å². The summed E-state index contributed by atoms with van der Waals surface area (Å²) in [5.74, 6) is -0.954. The molecule has 114 valence electrons. The lowest BCUT2D eigenvalue weighted by Crippen LogP contribution is -2.54. The van der Waals surface area contributed by atoms with Crippen molar-refractivity contribution in [3.05, 3.63) is 34.1 Å². The highest BCUT2D eigenvalue weighted by atomic mass is 19.1. The van der Waals surface area contributed by atoms with Crippen molar-refractivity contribution in [3.8, 4) is 0 Å². The van der Waals surface area contributed by atoms with E-state index in [1.165, 1.54) is 12.1 Å². The molecule has 1 N–H and O–H groups in total. The number of hydrogen-bond donors (Lipinski definition) is 1. The summed E-state index contributed by atoms with van der Waals surface area (Å²) in [4.78, 5) is 23.8. The van der Waals surface area contributed by atoms with Gasteiger partial charge in [-0.05, 0) is 13.0 Å². The number of rotatable bonds is 4. The standard InChI is InChI=1S/C13H16FN3O4/c1-2-15-13(18)12-8-21-4-3-16(12)10-5-9(14)6-11(7-10)17(19)20/h5-7,12H,2-4,8H2,1H3,(H,15,18). The van der Waals surface area contributed by atoms with E-state index in [-0.39, 0.29) is 18.2 Å². The quantitative estimate of drug-likeness (QED) is 0.664. The van der Waals surface area contributed by atoms with Crippen LogP contribution in [0.4, 0.5) is 15.8 Å². The Morgan fingerprint density at radius 3 is 3.00 bits per heavy atom. The molecule has 1 amide bonds. The molecule has 7 nitrogen and oxygen atoms in total. The molecule has 1 fully saturated rings. The Morgan fingerprint density at radius 1 is 1.57 bits per heavy atom. The molecule has 0 saturated carbocycles. The van der Waals surface area contributed by atoms with E-state index >= 15 is 0 Å². The predicted molar refractivity (Wildman–Crippen MR) is 73.7 cm³/mol. The van der Waals surface area contributed by atoms with E-state index in [1.54, 1.807) is 11.8 Å². The molecule has 8 heteroatoms. The summed E-state index contributed by atoms with van der Waals surface area (Å²) in [6.07, 6.45) is 0. The van der Waals surface area contributed by atoms with Gasteiger partial charge in [0.25, 0.3) is 5.69 Å². The SMILES string of the molecule is CCNC(=O)C1COCCN1c1cc(F)cc([N+](=O)[O-])c1. The molecule has 0 aromatic heterocycles. The average molecular weight is 297 g/mol. The van der Waals surface area contributed by atoms with Crippen molar-refractivity contribution in [1.82, 2.24) is 5.32 Å². The Kier molecular flexibility index (Phi) is 4.69. The number of halogens is 1. The minimum Gasteiger partial charge on any atom is -0.377 e. The summed E-state index contributed by atoms with van der Waals surface area (Å²) in [7, 11) is 0. The number of nitrogens with zero attached hydrogens (tertiary/aromatic N) is 2. The molecular formula is C13H16FN3O4. The predicted octanol–water partition coefficient (Wildman–Crippen LogP) is 1.08. The number of non-ortho nitro benzene ring substituents is 1. The van der Waals surface area contributed by atoms with Crippen LogP contribution in [0.3, 0.4) is 0 Å². The Hall–Kier alpha value is -2.22. The number of amides is 1. The van der Waals surface area contributed by atoms with Gasteiger partial charge in [0.1, 0.15) is 11.9 Å². The third-order valence-electron chi connectivity index (χ3n) is 3.19. The number of ether oxygens (including phenoxy) is 1. The zero-order valence-corrected chi connectivity index (χ0v) is 11.5. The normalized spacial score (nSPS) is 18.4. The Labute approximate surface area is 120 Å². The number of benzene rings is 1. The van der Waals surface area contributed by atoms with Crippen LogP contribution in [0.5, 0.6) is 0 Å². The summed E-state index contributed by atoms with van der Waals surface area (Å²) in [5, 5.41) is 13.5. The molecule has 1 aliphatic rings. The molecule has 0 aliphatic carbocycles. The van der Waals surface area contributed by atoms with Crippen LogP contribution in [0.1, 0.15) is 6.92 Å². The first-order chi connectivity index (χ1) is 10.0. The van der Waals surface area contributed by atoms with Crippen LogP contribution in [0, 0.1) is 15.9 Å². The second-order valence-corrected chi connectivity index (χ2v) is 4.60. The summed E-state index contributed by atoms with van der Waals surface area (Å²) in [6.45, 7) is 3.16. The first-order valence-corrected chi connectivity index (χ1v) is 6.60. The topological polar surface area (TPSA) is 84.7 Å². The number of morpholine rings is 1. The maximum absolute atomic E-state index is 13.6. The first-order valence-electron chi connectivity index (χ1n) is 6.60. The molecule has 21 heavy (non-hydrogen) atoms. The van der Waals surface area contributed by atoms with Crippen molar-refractivity contribution < 1.29 is 18.8 Å². The van der Waals surface area contributed by atoms with Crippen LogP contribution >= 0.6 is 0 Å². The fraction of sp³-hybridized carbons (Fsp3) is 0.462. The van der Waals surface area contributed by atoms with Crippen LogP contribution in [-0.2, 0) is 9.53 Å². The van der Waals surface area contributed by atoms with Gasteiger partial charge in [0.05, 0.1) is 24.2 Å². The van der Waals surface area contributed by atoms with Gasteiger partial charge in [0.15, 0.2) is 0 Å². The van der Waals surface area contributed by atoms with E-state index in [1.807, 2.05) is 0 Å². The molecule has 1 aromatic carbocycles. The Bertz CT molecular complexity index is 552. The number of nitro benzene ring substituents is 1. The van der Waals surface area contributed by atoms with Crippen molar-refractivity contribution in [3.63, 3.8) is 0 Å². The van der Waals surface area contributed by atoms with E-state index in [0.717, 1.165) is 6.07 Å². The van der Waals surface area contributed by atoms with Gasteiger partial charge in [0, 0.05) is 24.8 Å². The van der Waals surface area contributed by atoms with Gasteiger partial charge in [-0.3, -0.25) is 14.9 Å². The highest BCUT2D eigenvalue weighted by Crippen LogP contribution is 2.26. The molecule has 2 rings (SSSR count). The highest BCUT2D eigenvalue weighted by Gasteiger charge is 2.30. The molecular weight excluding hydrogens is 281 g/mol. The van der Waals surface area contributed by atoms with Gasteiger partial charge in [-0.25, -0.2) is 4.39 Å². The minimum atomic E-state index is -0.708. The summed E-state index contributed by atoms with van der Waals surface area (Å²) < 4.78 is 18.8. The molecule has 1 aliphatic heterocycles. The Balaban J connectivity index is 2.32. The van der Waals surface area contributed by atoms with E-state index in [4.69, 9.17) is 4.74 Å². The van der Waals surface area contributed by atoms with Crippen molar-refractivity contribution in [2.24, 2.45) is 0 Å². The van der Waals surface area contributed by atoms with Crippen LogP contribution in [0.15, 0.2) is 18.2 Å². The lowest BCUT2D eigenvalue weighted by Gasteiger charge is -2.36. The zero-order valence-electron chi connectivity index (χ0n) is 11.5. The van der Waals surface area contributed by atoms with E-state index in [0.29, 0.717) is 25.4 Å². The molecule has 0 radical (unpaired) electrons. The van der Waals surface area contributed by atoms with Gasteiger partial charge in [-0.2, -0.15) is 0 Å². The van der Waals surface area contributed by atoms with Gasteiger partial charge in [-0.1, -0.05) is 0 Å². The third-order valence-corrected chi connectivity index (χ3v) is 3.19. The van der Waals surface area contributed by atoms with Crippen molar-refractivity contribution in [2.45, 2.75) is 13.0 Å². The third kappa shape index (κ3) is 3.46. The second-order valence-electron chi connectivity index (χ2n) is 4.60. The van der Waals surface area contributed by atoms with Gasteiger partial charge in [-0.15, -0.1) is 0 Å². The fourth-order valence-electron chi connectivity index (χ4n) is 2.25. The molecule has 1 unspecified atom stereocenters. The fourth-order valence-corrected chi connectivity index (χ4v) is 2.25. The number of carbonyl (C=O) groups is 1. The van der Waals surface area contributed by atoms with Crippen LogP contribution in [-0.4, -0.2) is 43.2 Å². The van der Waals surface area contributed by atoms with E-state index in [9.17, 15) is 19.3 Å². The molecule has 0 spiro atoms. The molecule has 1 aromatic rings. The molecule has 1 atom stereocenters. The summed E-state index contributed by atoms with van der Waals surface area (Å²) in [6, 6.07) is 2.68. The van der Waals surface area contributed by atoms with Crippen molar-refractivity contribution >= 4 is 17.3 Å².